The minimum Gasteiger partial charge on any atom is -0.289 e. The van der Waals surface area contributed by atoms with Crippen molar-refractivity contribution in [2.75, 3.05) is 6.61 Å². The Morgan fingerprint density at radius 2 is 1.69 bits per heavy atom. The molecule has 9 heteroatoms. The van der Waals surface area contributed by atoms with Crippen LogP contribution in [0.15, 0.2) is 41.2 Å². The van der Waals surface area contributed by atoms with E-state index in [0.717, 1.165) is 11.3 Å². The molecule has 0 saturated carbocycles. The predicted molar refractivity (Wildman–Crippen MR) is 88.1 cm³/mol. The number of hydrogen-bond acceptors (Lipinski definition) is 5. The Labute approximate surface area is 147 Å². The van der Waals surface area contributed by atoms with E-state index in [1.165, 1.54) is 12.1 Å². The van der Waals surface area contributed by atoms with E-state index in [0.29, 0.717) is 10.1 Å². The van der Waals surface area contributed by atoms with Crippen LogP contribution in [0.3, 0.4) is 0 Å². The molecule has 1 aliphatic heterocycles. The van der Waals surface area contributed by atoms with Crippen molar-refractivity contribution in [3.63, 3.8) is 0 Å². The molecule has 2 aromatic carbocycles. The van der Waals surface area contributed by atoms with Gasteiger partial charge in [0.1, 0.15) is 0 Å². The van der Waals surface area contributed by atoms with Gasteiger partial charge >= 0.3 is 6.18 Å². The van der Waals surface area contributed by atoms with Gasteiger partial charge in [-0.25, -0.2) is 0 Å². The van der Waals surface area contributed by atoms with E-state index < -0.39 is 24.6 Å². The standard InChI is InChI=1S/C17H8F3NO4S/c18-17(19,20)7-25-21-15(23)9-5-6-10-13(22)8-3-1-2-4-11(8)26-14(10)12(9)16(21)24/h1-6H,7H2. The zero-order chi connectivity index (χ0) is 18.6. The van der Waals surface area contributed by atoms with Gasteiger partial charge in [-0.3, -0.25) is 19.2 Å². The van der Waals surface area contributed by atoms with E-state index >= 15 is 0 Å². The average molecular weight is 379 g/mol. The summed E-state index contributed by atoms with van der Waals surface area (Å²) in [6.45, 7) is -1.77. The van der Waals surface area contributed by atoms with Crippen LogP contribution < -0.4 is 5.43 Å². The summed E-state index contributed by atoms with van der Waals surface area (Å²) in [5, 5.41) is 0.794. The van der Waals surface area contributed by atoms with Gasteiger partial charge < -0.3 is 0 Å². The maximum absolute atomic E-state index is 12.6. The van der Waals surface area contributed by atoms with E-state index in [4.69, 9.17) is 0 Å². The lowest BCUT2D eigenvalue weighted by Crippen LogP contribution is -2.34. The number of alkyl halides is 3. The fourth-order valence-corrected chi connectivity index (χ4v) is 4.02. The smallest absolute Gasteiger partial charge is 0.289 e. The quantitative estimate of drug-likeness (QED) is 0.505. The van der Waals surface area contributed by atoms with E-state index in [1.54, 1.807) is 24.3 Å². The normalized spacial score (nSPS) is 14.5. The van der Waals surface area contributed by atoms with Crippen LogP contribution in [-0.2, 0) is 4.84 Å². The van der Waals surface area contributed by atoms with Gasteiger partial charge in [-0.05, 0) is 24.3 Å². The lowest BCUT2D eigenvalue weighted by atomic mass is 10.1. The SMILES string of the molecule is O=C1c2ccc3c(=O)c4ccccc4sc3c2C(=O)N1OCC(F)(F)F. The molecule has 0 radical (unpaired) electrons. The number of halogens is 3. The zero-order valence-corrected chi connectivity index (χ0v) is 13.6. The molecule has 5 nitrogen and oxygen atoms in total. The molecule has 3 aromatic rings. The summed E-state index contributed by atoms with van der Waals surface area (Å²) < 4.78 is 37.9. The number of hydroxylamine groups is 2. The van der Waals surface area contributed by atoms with E-state index in [1.807, 2.05) is 0 Å². The first-order valence-corrected chi connectivity index (χ1v) is 8.16. The fourth-order valence-electron chi connectivity index (χ4n) is 2.81. The van der Waals surface area contributed by atoms with Crippen molar-refractivity contribution in [2.45, 2.75) is 6.18 Å². The number of carbonyl (C=O) groups excluding carboxylic acids is 2. The highest BCUT2D eigenvalue weighted by Crippen LogP contribution is 2.34. The number of hydrogen-bond donors (Lipinski definition) is 0. The molecule has 0 spiro atoms. The lowest BCUT2D eigenvalue weighted by molar-refractivity contribution is -0.218. The van der Waals surface area contributed by atoms with Crippen molar-refractivity contribution in [1.82, 2.24) is 5.06 Å². The molecule has 0 N–H and O–H groups in total. The molecule has 0 atom stereocenters. The van der Waals surface area contributed by atoms with Gasteiger partial charge in [-0.1, -0.05) is 12.1 Å². The first kappa shape index (κ1) is 16.7. The molecule has 2 amide bonds. The highest BCUT2D eigenvalue weighted by molar-refractivity contribution is 7.25. The van der Waals surface area contributed by atoms with Crippen molar-refractivity contribution in [3.8, 4) is 0 Å². The number of benzene rings is 2. The second-order valence-corrected chi connectivity index (χ2v) is 6.64. The van der Waals surface area contributed by atoms with Gasteiger partial charge in [0.05, 0.1) is 15.8 Å². The predicted octanol–water partition coefficient (Wildman–Crippen LogP) is 3.50. The van der Waals surface area contributed by atoms with Crippen molar-refractivity contribution in [1.29, 1.82) is 0 Å². The van der Waals surface area contributed by atoms with Gasteiger partial charge in [-0.2, -0.15) is 13.2 Å². The first-order valence-electron chi connectivity index (χ1n) is 7.35. The molecule has 0 bridgehead atoms. The second kappa shape index (κ2) is 5.61. The third-order valence-electron chi connectivity index (χ3n) is 3.92. The summed E-state index contributed by atoms with van der Waals surface area (Å²) in [6, 6.07) is 9.43. The van der Waals surface area contributed by atoms with Crippen molar-refractivity contribution in [2.24, 2.45) is 0 Å². The molecule has 1 aliphatic rings. The topological polar surface area (TPSA) is 63.7 Å². The fraction of sp³-hybridized carbons (Fsp3) is 0.118. The third kappa shape index (κ3) is 2.47. The summed E-state index contributed by atoms with van der Waals surface area (Å²) in [5.74, 6) is -1.99. The third-order valence-corrected chi connectivity index (χ3v) is 5.12. The van der Waals surface area contributed by atoms with Crippen LogP contribution in [-0.4, -0.2) is 29.7 Å². The minimum absolute atomic E-state index is 0.0874. The maximum Gasteiger partial charge on any atom is 0.414 e. The summed E-state index contributed by atoms with van der Waals surface area (Å²) in [4.78, 5) is 41.8. The Kier molecular flexibility index (Phi) is 3.60. The van der Waals surface area contributed by atoms with Gasteiger partial charge in [-0.15, -0.1) is 16.4 Å². The molecule has 26 heavy (non-hydrogen) atoms. The Bertz CT molecular complexity index is 1150. The van der Waals surface area contributed by atoms with Gasteiger partial charge in [0.15, 0.2) is 12.0 Å². The maximum atomic E-state index is 12.6. The summed E-state index contributed by atoms with van der Waals surface area (Å²) in [6.07, 6.45) is -4.70. The molecular formula is C17H8F3NO4S. The Morgan fingerprint density at radius 1 is 0.962 bits per heavy atom. The Hall–Kier alpha value is -2.78. The number of imide groups is 1. The van der Waals surface area contributed by atoms with Crippen molar-refractivity contribution < 1.29 is 27.6 Å². The van der Waals surface area contributed by atoms with Crippen LogP contribution in [0, 0.1) is 0 Å². The molecule has 0 fully saturated rings. The summed E-state index contributed by atoms with van der Waals surface area (Å²) >= 11 is 1.12. The summed E-state index contributed by atoms with van der Waals surface area (Å²) in [5.41, 5.74) is -0.509. The van der Waals surface area contributed by atoms with Gasteiger partial charge in [0.25, 0.3) is 11.8 Å². The van der Waals surface area contributed by atoms with Crippen LogP contribution in [0.2, 0.25) is 0 Å². The molecule has 0 saturated heterocycles. The van der Waals surface area contributed by atoms with E-state index in [-0.39, 0.29) is 31.7 Å². The molecule has 0 unspecified atom stereocenters. The number of amides is 2. The molecular weight excluding hydrogens is 371 g/mol. The number of fused-ring (bicyclic) bond motifs is 4. The van der Waals surface area contributed by atoms with Crippen LogP contribution in [0.1, 0.15) is 20.7 Å². The highest BCUT2D eigenvalue weighted by atomic mass is 32.1. The molecule has 4 rings (SSSR count). The summed E-state index contributed by atoms with van der Waals surface area (Å²) in [7, 11) is 0. The van der Waals surface area contributed by atoms with Crippen molar-refractivity contribution >= 4 is 43.3 Å². The Morgan fingerprint density at radius 3 is 2.42 bits per heavy atom. The second-order valence-electron chi connectivity index (χ2n) is 5.59. The number of nitrogens with zero attached hydrogens (tertiary/aromatic N) is 1. The van der Waals surface area contributed by atoms with Gasteiger partial charge in [0.2, 0.25) is 0 Å². The van der Waals surface area contributed by atoms with Crippen molar-refractivity contribution in [3.05, 3.63) is 57.7 Å². The molecule has 132 valence electrons. The molecule has 1 aromatic heterocycles. The monoisotopic (exact) mass is 379 g/mol. The first-order chi connectivity index (χ1) is 12.3. The van der Waals surface area contributed by atoms with Gasteiger partial charge in [0, 0.05) is 15.5 Å². The van der Waals surface area contributed by atoms with Crippen LogP contribution >= 0.6 is 11.3 Å². The van der Waals surface area contributed by atoms with E-state index in [2.05, 4.69) is 4.84 Å². The largest absolute Gasteiger partial charge is 0.414 e. The lowest BCUT2D eigenvalue weighted by Gasteiger charge is -2.14. The van der Waals surface area contributed by atoms with Crippen LogP contribution in [0.25, 0.3) is 20.2 Å². The minimum atomic E-state index is -4.70. The number of rotatable bonds is 2. The molecule has 2 heterocycles. The Balaban J connectivity index is 1.91. The zero-order valence-electron chi connectivity index (χ0n) is 12.8. The average Bonchev–Trinajstić information content (AvgIpc) is 2.84. The van der Waals surface area contributed by atoms with Crippen LogP contribution in [0.4, 0.5) is 13.2 Å². The number of carbonyl (C=O) groups is 2. The highest BCUT2D eigenvalue weighted by Gasteiger charge is 2.41. The van der Waals surface area contributed by atoms with Crippen LogP contribution in [0.5, 0.6) is 0 Å². The molecule has 0 aliphatic carbocycles. The van der Waals surface area contributed by atoms with E-state index in [9.17, 15) is 27.6 Å².